The Bertz CT molecular complexity index is 1570. The van der Waals surface area contributed by atoms with Gasteiger partial charge in [-0.3, -0.25) is 19.3 Å². The fourth-order valence-electron chi connectivity index (χ4n) is 6.27. The molecule has 1 aromatic carbocycles. The van der Waals surface area contributed by atoms with Crippen LogP contribution in [0.2, 0.25) is 5.02 Å². The molecule has 41 heavy (non-hydrogen) atoms. The molecular weight excluding hydrogens is 532 g/mol. The Morgan fingerprint density at radius 2 is 1.85 bits per heavy atom. The number of likely N-dealkylation sites (tertiary alicyclic amines) is 1. The van der Waals surface area contributed by atoms with E-state index in [1.807, 2.05) is 69.0 Å². The number of hydrogen-bond donors (Lipinski definition) is 0. The predicted octanol–water partition coefficient (Wildman–Crippen LogP) is 6.47. The summed E-state index contributed by atoms with van der Waals surface area (Å²) in [5, 5.41) is 4.88. The molecule has 2 aliphatic rings. The number of aromatic nitrogens is 3. The van der Waals surface area contributed by atoms with E-state index < -0.39 is 5.41 Å². The minimum atomic E-state index is -0.396. The van der Waals surface area contributed by atoms with Crippen molar-refractivity contribution in [3.05, 3.63) is 94.0 Å². The number of pyridine rings is 1. The smallest absolute Gasteiger partial charge is 0.227 e. The standard InChI is InChI=1S/C34H37ClN4O2/c1-22-14-25(13-12-24-10-8-7-9-11-24)18-36-29(22)15-23(2)31(40)30-28(35)19-37-39(30)27-16-26-20-38(21-34(26,6)17-27)32(41)33(3,4)5/h7-11,14,18-19,26-27H,2,15-17,20-21H2,1,3-6H3/t26-,27-,34?/m1/s1. The zero-order chi connectivity index (χ0) is 29.5. The van der Waals surface area contributed by atoms with Gasteiger partial charge in [-0.25, -0.2) is 0 Å². The molecule has 0 radical (unpaired) electrons. The minimum Gasteiger partial charge on any atom is -0.341 e. The lowest BCUT2D eigenvalue weighted by Gasteiger charge is -2.29. The third-order valence-corrected chi connectivity index (χ3v) is 8.77. The molecule has 1 saturated carbocycles. The topological polar surface area (TPSA) is 68.1 Å². The summed E-state index contributed by atoms with van der Waals surface area (Å²) in [5.41, 5.74) is 3.87. The van der Waals surface area contributed by atoms with Crippen molar-refractivity contribution in [2.45, 2.75) is 59.9 Å². The van der Waals surface area contributed by atoms with E-state index in [4.69, 9.17) is 11.6 Å². The Kier molecular flexibility index (Phi) is 7.70. The number of halogens is 1. The van der Waals surface area contributed by atoms with Gasteiger partial charge in [-0.2, -0.15) is 5.10 Å². The van der Waals surface area contributed by atoms with E-state index in [1.165, 1.54) is 0 Å². The highest BCUT2D eigenvalue weighted by Gasteiger charge is 2.52. The number of ketones is 1. The van der Waals surface area contributed by atoms with Crippen LogP contribution >= 0.6 is 11.6 Å². The van der Waals surface area contributed by atoms with Crippen LogP contribution in [0.3, 0.4) is 0 Å². The van der Waals surface area contributed by atoms with Gasteiger partial charge in [0.2, 0.25) is 11.7 Å². The van der Waals surface area contributed by atoms with E-state index in [0.29, 0.717) is 28.6 Å². The predicted molar refractivity (Wildman–Crippen MR) is 162 cm³/mol. The van der Waals surface area contributed by atoms with Crippen LogP contribution in [0.15, 0.2) is 60.9 Å². The zero-order valence-electron chi connectivity index (χ0n) is 24.5. The molecule has 0 bridgehead atoms. The van der Waals surface area contributed by atoms with Crippen LogP contribution < -0.4 is 0 Å². The first-order valence-corrected chi connectivity index (χ1v) is 14.5. The van der Waals surface area contributed by atoms with Crippen LogP contribution in [-0.4, -0.2) is 44.4 Å². The molecule has 2 aromatic heterocycles. The highest BCUT2D eigenvalue weighted by atomic mass is 35.5. The molecule has 3 aromatic rings. The van der Waals surface area contributed by atoms with Crippen molar-refractivity contribution in [3.8, 4) is 11.8 Å². The number of carbonyl (C=O) groups excluding carboxylic acids is 2. The van der Waals surface area contributed by atoms with E-state index >= 15 is 0 Å². The second-order valence-electron chi connectivity index (χ2n) is 12.9. The number of amides is 1. The Labute approximate surface area is 247 Å². The molecule has 0 spiro atoms. The van der Waals surface area contributed by atoms with Gasteiger partial charge in [0.25, 0.3) is 0 Å². The fourth-order valence-corrected chi connectivity index (χ4v) is 6.49. The summed E-state index contributed by atoms with van der Waals surface area (Å²) in [6.07, 6.45) is 5.29. The highest BCUT2D eigenvalue weighted by molar-refractivity contribution is 6.34. The number of benzene rings is 1. The molecule has 1 amide bonds. The van der Waals surface area contributed by atoms with Gasteiger partial charge in [-0.15, -0.1) is 0 Å². The molecule has 3 atom stereocenters. The molecule has 1 unspecified atom stereocenters. The van der Waals surface area contributed by atoms with E-state index in [9.17, 15) is 9.59 Å². The number of carbonyl (C=O) groups is 2. The molecule has 212 valence electrons. The van der Waals surface area contributed by atoms with Crippen molar-refractivity contribution in [1.82, 2.24) is 19.7 Å². The Hall–Kier alpha value is -3.69. The number of nitrogens with zero attached hydrogens (tertiary/aromatic N) is 4. The van der Waals surface area contributed by atoms with Crippen molar-refractivity contribution in [1.29, 1.82) is 0 Å². The number of allylic oxidation sites excluding steroid dienone is 1. The van der Waals surface area contributed by atoms with Crippen LogP contribution in [-0.2, 0) is 11.2 Å². The normalized spacial score (nSPS) is 21.8. The maximum atomic E-state index is 13.7. The molecule has 7 heteroatoms. The number of Topliss-reactive ketones (excluding diaryl/α,β-unsaturated/α-hetero) is 1. The fraction of sp³-hybridized carbons (Fsp3) is 0.412. The highest BCUT2D eigenvalue weighted by Crippen LogP contribution is 2.53. The summed E-state index contributed by atoms with van der Waals surface area (Å²) in [5.74, 6) is 6.64. The Balaban J connectivity index is 1.28. The average molecular weight is 569 g/mol. The van der Waals surface area contributed by atoms with Gasteiger partial charge < -0.3 is 4.90 Å². The van der Waals surface area contributed by atoms with Crippen molar-refractivity contribution in [2.75, 3.05) is 13.1 Å². The number of rotatable bonds is 5. The maximum absolute atomic E-state index is 13.7. The first kappa shape index (κ1) is 28.8. The number of hydrogen-bond acceptors (Lipinski definition) is 4. The van der Waals surface area contributed by atoms with Crippen molar-refractivity contribution >= 4 is 23.3 Å². The van der Waals surface area contributed by atoms with Gasteiger partial charge >= 0.3 is 0 Å². The van der Waals surface area contributed by atoms with E-state index in [-0.39, 0.29) is 23.1 Å². The lowest BCUT2D eigenvalue weighted by atomic mass is 9.83. The zero-order valence-corrected chi connectivity index (χ0v) is 25.3. The van der Waals surface area contributed by atoms with Gasteiger partial charge in [0.1, 0.15) is 5.69 Å². The third-order valence-electron chi connectivity index (χ3n) is 8.49. The molecule has 6 nitrogen and oxygen atoms in total. The molecule has 1 saturated heterocycles. The van der Waals surface area contributed by atoms with Gasteiger partial charge in [-0.05, 0) is 54.9 Å². The summed E-state index contributed by atoms with van der Waals surface area (Å²) in [4.78, 5) is 33.2. The lowest BCUT2D eigenvalue weighted by molar-refractivity contribution is -0.138. The summed E-state index contributed by atoms with van der Waals surface area (Å²) < 4.78 is 1.80. The molecule has 3 heterocycles. The summed E-state index contributed by atoms with van der Waals surface area (Å²) >= 11 is 6.54. The minimum absolute atomic E-state index is 0.0203. The van der Waals surface area contributed by atoms with Gasteiger partial charge in [0.05, 0.1) is 17.3 Å². The van der Waals surface area contributed by atoms with E-state index in [0.717, 1.165) is 48.3 Å². The lowest BCUT2D eigenvalue weighted by Crippen LogP contribution is -2.39. The Morgan fingerprint density at radius 1 is 1.15 bits per heavy atom. The second kappa shape index (κ2) is 10.9. The SMILES string of the molecule is C=C(Cc1ncc(C#Cc2ccccc2)cc1C)C(=O)c1c(Cl)cnn1[C@@H]1C[C@@H]2CN(C(=O)C(C)(C)C)CC2(C)C1. The Morgan fingerprint density at radius 3 is 2.51 bits per heavy atom. The molecule has 1 aliphatic heterocycles. The molecule has 1 aliphatic carbocycles. The molecule has 2 fully saturated rings. The van der Waals surface area contributed by atoms with Crippen LogP contribution in [0, 0.1) is 35.5 Å². The van der Waals surface area contributed by atoms with Gasteiger partial charge in [-0.1, -0.05) is 75.9 Å². The summed E-state index contributed by atoms with van der Waals surface area (Å²) in [6.45, 7) is 15.7. The maximum Gasteiger partial charge on any atom is 0.227 e. The van der Waals surface area contributed by atoms with Crippen LogP contribution in [0.1, 0.15) is 79.5 Å². The largest absolute Gasteiger partial charge is 0.341 e. The first-order valence-electron chi connectivity index (χ1n) is 14.1. The monoisotopic (exact) mass is 568 g/mol. The van der Waals surface area contributed by atoms with Crippen LogP contribution in [0.25, 0.3) is 0 Å². The van der Waals surface area contributed by atoms with Crippen LogP contribution in [0.4, 0.5) is 0 Å². The van der Waals surface area contributed by atoms with Gasteiger partial charge in [0, 0.05) is 53.5 Å². The average Bonchev–Trinajstić information content (AvgIpc) is 3.56. The summed E-state index contributed by atoms with van der Waals surface area (Å²) in [7, 11) is 0. The van der Waals surface area contributed by atoms with Crippen LogP contribution in [0.5, 0.6) is 0 Å². The van der Waals surface area contributed by atoms with Crippen molar-refractivity contribution in [3.63, 3.8) is 0 Å². The summed E-state index contributed by atoms with van der Waals surface area (Å²) in [6, 6.07) is 11.8. The van der Waals surface area contributed by atoms with Crippen molar-refractivity contribution < 1.29 is 9.59 Å². The molecular formula is C34H37ClN4O2. The molecule has 5 rings (SSSR count). The first-order chi connectivity index (χ1) is 19.4. The quantitative estimate of drug-likeness (QED) is 0.201. The van der Waals surface area contributed by atoms with E-state index in [1.54, 1.807) is 17.1 Å². The second-order valence-corrected chi connectivity index (χ2v) is 13.3. The van der Waals surface area contributed by atoms with Crippen molar-refractivity contribution in [2.24, 2.45) is 16.7 Å². The van der Waals surface area contributed by atoms with E-state index in [2.05, 4.69) is 35.4 Å². The number of fused-ring (bicyclic) bond motifs is 1. The van der Waals surface area contributed by atoms with Gasteiger partial charge in [0.15, 0.2) is 0 Å². The molecule has 0 N–H and O–H groups in total. The number of aryl methyl sites for hydroxylation is 1. The third kappa shape index (κ3) is 5.87.